The van der Waals surface area contributed by atoms with Crippen LogP contribution in [-0.2, 0) is 14.1 Å². The van der Waals surface area contributed by atoms with Gasteiger partial charge in [-0.1, -0.05) is 0 Å². The van der Waals surface area contributed by atoms with Crippen molar-refractivity contribution in [2.24, 2.45) is 14.1 Å². The summed E-state index contributed by atoms with van der Waals surface area (Å²) in [5.74, 6) is -0.168. The van der Waals surface area contributed by atoms with Gasteiger partial charge in [-0.15, -0.1) is 24.8 Å². The quantitative estimate of drug-likeness (QED) is 0.772. The SMILES string of the molecule is CNC1CCCN(C(=O)c2cc(C)c3c(=O)n(C)c(=O)n(C)c3n2)C1.Cl.Cl. The van der Waals surface area contributed by atoms with Gasteiger partial charge >= 0.3 is 5.69 Å². The van der Waals surface area contributed by atoms with Crippen molar-refractivity contribution >= 4 is 41.8 Å². The third kappa shape index (κ3) is 4.02. The van der Waals surface area contributed by atoms with Crippen LogP contribution in [0.5, 0.6) is 0 Å². The predicted octanol–water partition coefficient (Wildman–Crippen LogP) is 0.608. The molecule has 1 fully saturated rings. The maximum Gasteiger partial charge on any atom is 0.332 e. The van der Waals surface area contributed by atoms with E-state index in [0.717, 1.165) is 17.4 Å². The maximum atomic E-state index is 12.9. The summed E-state index contributed by atoms with van der Waals surface area (Å²) in [7, 11) is 4.89. The summed E-state index contributed by atoms with van der Waals surface area (Å²) in [6, 6.07) is 1.91. The zero-order valence-corrected chi connectivity index (χ0v) is 17.4. The number of carbonyl (C=O) groups excluding carboxylic acids is 1. The van der Waals surface area contributed by atoms with Crippen LogP contribution in [-0.4, -0.2) is 51.1 Å². The molecule has 10 heteroatoms. The first-order valence-electron chi connectivity index (χ1n) is 8.39. The summed E-state index contributed by atoms with van der Waals surface area (Å²) in [4.78, 5) is 43.6. The fourth-order valence-corrected chi connectivity index (χ4v) is 3.40. The van der Waals surface area contributed by atoms with E-state index in [4.69, 9.17) is 0 Å². The molecular formula is C17H25Cl2N5O3. The van der Waals surface area contributed by atoms with E-state index in [2.05, 4.69) is 10.3 Å². The van der Waals surface area contributed by atoms with Crippen LogP contribution in [0.4, 0.5) is 0 Å². The van der Waals surface area contributed by atoms with Crippen molar-refractivity contribution in [3.8, 4) is 0 Å². The van der Waals surface area contributed by atoms with Crippen molar-refractivity contribution in [3.05, 3.63) is 38.2 Å². The topological polar surface area (TPSA) is 89.2 Å². The lowest BCUT2D eigenvalue weighted by Gasteiger charge is -2.32. The van der Waals surface area contributed by atoms with Crippen LogP contribution in [0.1, 0.15) is 28.9 Å². The molecule has 0 bridgehead atoms. The number of aromatic nitrogens is 3. The summed E-state index contributed by atoms with van der Waals surface area (Å²) in [6.45, 7) is 3.08. The molecule has 1 amide bonds. The van der Waals surface area contributed by atoms with Crippen molar-refractivity contribution in [1.82, 2.24) is 24.3 Å². The van der Waals surface area contributed by atoms with Crippen molar-refractivity contribution in [2.75, 3.05) is 20.1 Å². The van der Waals surface area contributed by atoms with Gasteiger partial charge in [0.1, 0.15) is 11.3 Å². The first kappa shape index (κ1) is 23.1. The summed E-state index contributed by atoms with van der Waals surface area (Å²) in [5.41, 5.74) is 0.313. The molecule has 1 unspecified atom stereocenters. The number of fused-ring (bicyclic) bond motifs is 1. The summed E-state index contributed by atoms with van der Waals surface area (Å²) in [5, 5.41) is 3.58. The van der Waals surface area contributed by atoms with Gasteiger partial charge in [-0.05, 0) is 38.4 Å². The second-order valence-corrected chi connectivity index (χ2v) is 6.61. The second-order valence-electron chi connectivity index (χ2n) is 6.61. The highest BCUT2D eigenvalue weighted by molar-refractivity contribution is 5.95. The van der Waals surface area contributed by atoms with Crippen LogP contribution in [0.3, 0.4) is 0 Å². The molecule has 1 N–H and O–H groups in total. The number of amides is 1. The maximum absolute atomic E-state index is 12.9. The number of likely N-dealkylation sites (tertiary alicyclic amines) is 1. The molecule has 8 nitrogen and oxygen atoms in total. The highest BCUT2D eigenvalue weighted by atomic mass is 35.5. The Kier molecular flexibility index (Phi) is 7.59. The van der Waals surface area contributed by atoms with Crippen molar-refractivity contribution < 1.29 is 4.79 Å². The third-order valence-electron chi connectivity index (χ3n) is 4.94. The van der Waals surface area contributed by atoms with Crippen molar-refractivity contribution in [3.63, 3.8) is 0 Å². The minimum absolute atomic E-state index is 0. The van der Waals surface area contributed by atoms with Gasteiger partial charge in [-0.25, -0.2) is 9.78 Å². The Morgan fingerprint density at radius 2 is 1.89 bits per heavy atom. The van der Waals surface area contributed by atoms with Gasteiger partial charge in [0.25, 0.3) is 11.5 Å². The highest BCUT2D eigenvalue weighted by Gasteiger charge is 2.25. The van der Waals surface area contributed by atoms with Crippen LogP contribution >= 0.6 is 24.8 Å². The largest absolute Gasteiger partial charge is 0.336 e. The zero-order chi connectivity index (χ0) is 18.3. The fourth-order valence-electron chi connectivity index (χ4n) is 3.40. The Bertz CT molecular complexity index is 970. The number of aryl methyl sites for hydroxylation is 2. The van der Waals surface area contributed by atoms with E-state index in [1.54, 1.807) is 24.9 Å². The van der Waals surface area contributed by atoms with Crippen LogP contribution in [0, 0.1) is 6.92 Å². The van der Waals surface area contributed by atoms with E-state index in [1.165, 1.54) is 11.6 Å². The standard InChI is InChI=1S/C17H23N5O3.2ClH/c1-10-8-12(15(23)22-7-5-6-11(9-22)18-2)19-14-13(10)16(24)21(4)17(25)20(14)3;;/h8,11,18H,5-7,9H2,1-4H3;2*1H. The van der Waals surface area contributed by atoms with Crippen molar-refractivity contribution in [2.45, 2.75) is 25.8 Å². The lowest BCUT2D eigenvalue weighted by molar-refractivity contribution is 0.0692. The van der Waals surface area contributed by atoms with Crippen LogP contribution < -0.4 is 16.6 Å². The van der Waals surface area contributed by atoms with E-state index < -0.39 is 11.2 Å². The van der Waals surface area contributed by atoms with Gasteiger partial charge in [0.05, 0.1) is 5.39 Å². The van der Waals surface area contributed by atoms with Gasteiger partial charge in [0.15, 0.2) is 0 Å². The van der Waals surface area contributed by atoms with Crippen LogP contribution in [0.25, 0.3) is 11.0 Å². The number of nitrogens with zero attached hydrogens (tertiary/aromatic N) is 4. The highest BCUT2D eigenvalue weighted by Crippen LogP contribution is 2.17. The molecule has 0 aromatic carbocycles. The molecule has 3 heterocycles. The van der Waals surface area contributed by atoms with E-state index >= 15 is 0 Å². The molecule has 1 aliphatic heterocycles. The van der Waals surface area contributed by atoms with E-state index in [1.807, 2.05) is 7.05 Å². The normalized spacial score (nSPS) is 16.6. The number of rotatable bonds is 2. The van der Waals surface area contributed by atoms with Gasteiger partial charge < -0.3 is 10.2 Å². The minimum Gasteiger partial charge on any atom is -0.336 e. The minimum atomic E-state index is -0.456. The molecule has 0 radical (unpaired) electrons. The molecule has 0 saturated carbocycles. The molecule has 3 rings (SSSR count). The average Bonchev–Trinajstić information content (AvgIpc) is 2.63. The molecule has 1 atom stereocenters. The van der Waals surface area contributed by atoms with E-state index in [9.17, 15) is 14.4 Å². The molecular weight excluding hydrogens is 393 g/mol. The fraction of sp³-hybridized carbons (Fsp3) is 0.529. The average molecular weight is 418 g/mol. The summed E-state index contributed by atoms with van der Waals surface area (Å²) < 4.78 is 2.37. The number of pyridine rings is 1. The number of piperidine rings is 1. The predicted molar refractivity (Wildman–Crippen MR) is 109 cm³/mol. The van der Waals surface area contributed by atoms with Gasteiger partial charge in [-0.3, -0.25) is 18.7 Å². The number of hydrogen-bond acceptors (Lipinski definition) is 5. The number of hydrogen-bond donors (Lipinski definition) is 1. The third-order valence-corrected chi connectivity index (χ3v) is 4.94. The number of likely N-dealkylation sites (N-methyl/N-ethyl adjacent to an activating group) is 1. The molecule has 2 aromatic heterocycles. The first-order valence-corrected chi connectivity index (χ1v) is 8.39. The Labute approximate surface area is 169 Å². The van der Waals surface area contributed by atoms with Crippen molar-refractivity contribution in [1.29, 1.82) is 0 Å². The van der Waals surface area contributed by atoms with E-state index in [0.29, 0.717) is 24.0 Å². The molecule has 1 saturated heterocycles. The molecule has 1 aliphatic rings. The van der Waals surface area contributed by atoms with E-state index in [-0.39, 0.29) is 48.1 Å². The molecule has 0 spiro atoms. The summed E-state index contributed by atoms with van der Waals surface area (Å²) in [6.07, 6.45) is 1.97. The Balaban J connectivity index is 0.00000182. The Hall–Kier alpha value is -1.90. The number of nitrogens with one attached hydrogen (secondary N) is 1. The van der Waals surface area contributed by atoms with Gasteiger partial charge in [0.2, 0.25) is 0 Å². The van der Waals surface area contributed by atoms with Crippen LogP contribution in [0.15, 0.2) is 15.7 Å². The Morgan fingerprint density at radius 3 is 2.52 bits per heavy atom. The van der Waals surface area contributed by atoms with Gasteiger partial charge in [0, 0.05) is 33.2 Å². The molecule has 150 valence electrons. The number of halogens is 2. The van der Waals surface area contributed by atoms with Crippen LogP contribution in [0.2, 0.25) is 0 Å². The number of carbonyl (C=O) groups is 1. The molecule has 27 heavy (non-hydrogen) atoms. The first-order chi connectivity index (χ1) is 11.8. The smallest absolute Gasteiger partial charge is 0.332 e. The molecule has 2 aromatic rings. The summed E-state index contributed by atoms with van der Waals surface area (Å²) >= 11 is 0. The monoisotopic (exact) mass is 417 g/mol. The zero-order valence-electron chi connectivity index (χ0n) is 15.8. The Morgan fingerprint density at radius 1 is 1.22 bits per heavy atom. The second kappa shape index (κ2) is 8.86. The lowest BCUT2D eigenvalue weighted by atomic mass is 10.1. The van der Waals surface area contributed by atoms with Gasteiger partial charge in [-0.2, -0.15) is 0 Å². The molecule has 0 aliphatic carbocycles. The lowest BCUT2D eigenvalue weighted by Crippen LogP contribution is -2.47.